The number of rotatable bonds is 6. The molecule has 0 spiro atoms. The number of allylic oxidation sites excluding steroid dienone is 1. The zero-order valence-corrected chi connectivity index (χ0v) is 18.2. The lowest BCUT2D eigenvalue weighted by atomic mass is 10.1. The monoisotopic (exact) mass is 413 g/mol. The fraction of sp³-hybridized carbons (Fsp3) is 0.524. The molecule has 1 saturated carbocycles. The second-order valence-corrected chi connectivity index (χ2v) is 9.79. The SMILES string of the molecule is CC1=CCN(c2cscn2)C=C1N(C)[C@H]1CCN(Cc2nc(C3CC3)cs2)C1. The summed E-state index contributed by atoms with van der Waals surface area (Å²) in [4.78, 5) is 16.6. The molecule has 1 atom stereocenters. The highest BCUT2D eigenvalue weighted by atomic mass is 32.1. The van der Waals surface area contributed by atoms with E-state index >= 15 is 0 Å². The van der Waals surface area contributed by atoms with Crippen LogP contribution in [0.25, 0.3) is 0 Å². The maximum absolute atomic E-state index is 4.88. The number of anilines is 1. The van der Waals surface area contributed by atoms with Crippen LogP contribution in [-0.2, 0) is 6.54 Å². The van der Waals surface area contributed by atoms with E-state index in [2.05, 4.69) is 56.7 Å². The Morgan fingerprint density at radius 1 is 1.25 bits per heavy atom. The van der Waals surface area contributed by atoms with Gasteiger partial charge in [-0.05, 0) is 31.8 Å². The molecule has 2 fully saturated rings. The van der Waals surface area contributed by atoms with Crippen LogP contribution in [-0.4, -0.2) is 52.5 Å². The maximum atomic E-state index is 4.88. The first-order valence-corrected chi connectivity index (χ1v) is 11.9. The Hall–Kier alpha value is -1.70. The van der Waals surface area contributed by atoms with Crippen molar-refractivity contribution in [2.75, 3.05) is 31.6 Å². The van der Waals surface area contributed by atoms with Gasteiger partial charge in [0.25, 0.3) is 0 Å². The molecule has 5 rings (SSSR count). The van der Waals surface area contributed by atoms with E-state index in [0.717, 1.165) is 37.9 Å². The third kappa shape index (κ3) is 3.75. The largest absolute Gasteiger partial charge is 0.369 e. The van der Waals surface area contributed by atoms with Gasteiger partial charge in [0.2, 0.25) is 0 Å². The van der Waals surface area contributed by atoms with Gasteiger partial charge < -0.3 is 9.80 Å². The van der Waals surface area contributed by atoms with Gasteiger partial charge in [0.15, 0.2) is 0 Å². The fourth-order valence-electron chi connectivity index (χ4n) is 4.14. The summed E-state index contributed by atoms with van der Waals surface area (Å²) in [5.74, 6) is 1.80. The van der Waals surface area contributed by atoms with Crippen molar-refractivity contribution in [3.05, 3.63) is 50.5 Å². The molecule has 2 aliphatic heterocycles. The highest BCUT2D eigenvalue weighted by Crippen LogP contribution is 2.40. The molecule has 148 valence electrons. The number of nitrogens with zero attached hydrogens (tertiary/aromatic N) is 5. The van der Waals surface area contributed by atoms with Gasteiger partial charge in [-0.25, -0.2) is 9.97 Å². The van der Waals surface area contributed by atoms with Crippen LogP contribution in [0, 0.1) is 0 Å². The third-order valence-electron chi connectivity index (χ3n) is 6.09. The molecule has 2 aromatic heterocycles. The molecule has 7 heteroatoms. The van der Waals surface area contributed by atoms with Gasteiger partial charge in [-0.15, -0.1) is 22.7 Å². The predicted molar refractivity (Wildman–Crippen MR) is 117 cm³/mol. The summed E-state index contributed by atoms with van der Waals surface area (Å²) in [5.41, 5.74) is 5.92. The Balaban J connectivity index is 1.23. The smallest absolute Gasteiger partial charge is 0.143 e. The van der Waals surface area contributed by atoms with Crippen LogP contribution in [0.2, 0.25) is 0 Å². The Kier molecular flexibility index (Phi) is 4.99. The summed E-state index contributed by atoms with van der Waals surface area (Å²) in [6.07, 6.45) is 8.46. The van der Waals surface area contributed by atoms with Crippen molar-refractivity contribution in [1.82, 2.24) is 19.8 Å². The summed E-state index contributed by atoms with van der Waals surface area (Å²) < 4.78 is 0. The molecule has 5 nitrogen and oxygen atoms in total. The number of likely N-dealkylation sites (tertiary alicyclic amines) is 1. The normalized spacial score (nSPS) is 23.1. The summed E-state index contributed by atoms with van der Waals surface area (Å²) in [6.45, 7) is 6.38. The summed E-state index contributed by atoms with van der Waals surface area (Å²) in [6, 6.07) is 0.549. The Morgan fingerprint density at radius 2 is 2.14 bits per heavy atom. The van der Waals surface area contributed by atoms with Crippen molar-refractivity contribution >= 4 is 28.5 Å². The Bertz CT molecular complexity index is 881. The van der Waals surface area contributed by atoms with E-state index in [1.165, 1.54) is 41.2 Å². The average Bonchev–Trinajstić information content (AvgIpc) is 3.11. The first kappa shape index (κ1) is 18.3. The number of hydrogen-bond donors (Lipinski definition) is 0. The summed E-state index contributed by atoms with van der Waals surface area (Å²) in [5, 5.41) is 5.68. The highest BCUT2D eigenvalue weighted by molar-refractivity contribution is 7.09. The van der Waals surface area contributed by atoms with Gasteiger partial charge in [0, 0.05) is 55.6 Å². The van der Waals surface area contributed by atoms with Crippen LogP contribution >= 0.6 is 22.7 Å². The minimum Gasteiger partial charge on any atom is -0.369 e. The molecule has 0 unspecified atom stereocenters. The molecule has 1 aliphatic carbocycles. The van der Waals surface area contributed by atoms with Gasteiger partial charge in [-0.1, -0.05) is 6.08 Å². The molecule has 0 bridgehead atoms. The minimum absolute atomic E-state index is 0.549. The van der Waals surface area contributed by atoms with Crippen molar-refractivity contribution in [3.8, 4) is 0 Å². The topological polar surface area (TPSA) is 35.5 Å². The molecule has 4 heterocycles. The van der Waals surface area contributed by atoms with E-state index in [-0.39, 0.29) is 0 Å². The number of likely N-dealkylation sites (N-methyl/N-ethyl adjacent to an activating group) is 1. The van der Waals surface area contributed by atoms with Crippen molar-refractivity contribution in [2.24, 2.45) is 0 Å². The average molecular weight is 414 g/mol. The van der Waals surface area contributed by atoms with Crippen LogP contribution in [0.3, 0.4) is 0 Å². The van der Waals surface area contributed by atoms with E-state index < -0.39 is 0 Å². The minimum atomic E-state index is 0.549. The van der Waals surface area contributed by atoms with E-state index in [4.69, 9.17) is 4.98 Å². The van der Waals surface area contributed by atoms with Crippen LogP contribution in [0.1, 0.15) is 42.8 Å². The lowest BCUT2D eigenvalue weighted by Gasteiger charge is -2.34. The van der Waals surface area contributed by atoms with E-state index in [9.17, 15) is 0 Å². The lowest BCUT2D eigenvalue weighted by molar-refractivity contribution is 0.271. The molecule has 28 heavy (non-hydrogen) atoms. The second kappa shape index (κ2) is 7.61. The second-order valence-electron chi connectivity index (χ2n) is 8.13. The quantitative estimate of drug-likeness (QED) is 0.706. The van der Waals surface area contributed by atoms with Crippen LogP contribution < -0.4 is 4.90 Å². The molecular weight excluding hydrogens is 386 g/mol. The number of hydrogen-bond acceptors (Lipinski definition) is 7. The lowest BCUT2D eigenvalue weighted by Crippen LogP contribution is -2.36. The predicted octanol–water partition coefficient (Wildman–Crippen LogP) is 4.29. The van der Waals surface area contributed by atoms with Crippen LogP contribution in [0.5, 0.6) is 0 Å². The van der Waals surface area contributed by atoms with Crippen molar-refractivity contribution in [1.29, 1.82) is 0 Å². The highest BCUT2D eigenvalue weighted by Gasteiger charge is 2.30. The van der Waals surface area contributed by atoms with Gasteiger partial charge >= 0.3 is 0 Å². The number of thiazole rings is 2. The van der Waals surface area contributed by atoms with Crippen LogP contribution in [0.4, 0.5) is 5.82 Å². The van der Waals surface area contributed by atoms with Crippen molar-refractivity contribution in [2.45, 2.75) is 44.7 Å². The van der Waals surface area contributed by atoms with Gasteiger partial charge in [0.1, 0.15) is 10.8 Å². The summed E-state index contributed by atoms with van der Waals surface area (Å²) in [7, 11) is 2.25. The molecule has 2 aromatic rings. The van der Waals surface area contributed by atoms with E-state index in [1.54, 1.807) is 11.3 Å². The van der Waals surface area contributed by atoms with Gasteiger partial charge in [0.05, 0.1) is 23.4 Å². The third-order valence-corrected chi connectivity index (χ3v) is 7.51. The Labute approximate surface area is 175 Å². The van der Waals surface area contributed by atoms with E-state index in [1.807, 2.05) is 16.8 Å². The van der Waals surface area contributed by atoms with E-state index in [0.29, 0.717) is 6.04 Å². The molecule has 0 radical (unpaired) electrons. The first-order valence-electron chi connectivity index (χ1n) is 10.1. The van der Waals surface area contributed by atoms with Gasteiger partial charge in [-0.2, -0.15) is 0 Å². The molecule has 0 N–H and O–H groups in total. The van der Waals surface area contributed by atoms with Gasteiger partial charge in [-0.3, -0.25) is 4.90 Å². The fourth-order valence-corrected chi connectivity index (χ4v) is 5.61. The molecular formula is C21H27N5S2. The van der Waals surface area contributed by atoms with Crippen molar-refractivity contribution < 1.29 is 0 Å². The van der Waals surface area contributed by atoms with Crippen LogP contribution in [0.15, 0.2) is 39.8 Å². The first-order chi connectivity index (χ1) is 13.7. The standard InChI is InChI=1S/C21H27N5S2/c1-15-5-8-26(20-13-27-14-22-20)10-19(15)24(2)17-6-7-25(9-17)11-21-23-18(12-28-21)16-3-4-16/h5,10,12-14,16-17H,3-4,6-9,11H2,1-2H3/t17-/m0/s1. The molecule has 0 amide bonds. The Morgan fingerprint density at radius 3 is 2.93 bits per heavy atom. The molecule has 3 aliphatic rings. The van der Waals surface area contributed by atoms with Crippen molar-refractivity contribution in [3.63, 3.8) is 0 Å². The zero-order valence-electron chi connectivity index (χ0n) is 16.5. The molecule has 0 aromatic carbocycles. The number of aromatic nitrogens is 2. The molecule has 1 saturated heterocycles. The maximum Gasteiger partial charge on any atom is 0.143 e. The zero-order chi connectivity index (χ0) is 19.1. The summed E-state index contributed by atoms with van der Waals surface area (Å²) >= 11 is 3.49.